The summed E-state index contributed by atoms with van der Waals surface area (Å²) in [6.45, 7) is 4.74. The van der Waals surface area contributed by atoms with Crippen LogP contribution < -0.4 is 5.32 Å². The highest BCUT2D eigenvalue weighted by atomic mass is 32.1. The second-order valence-electron chi connectivity index (χ2n) is 4.47. The average molecular weight is 259 g/mol. The molecule has 0 saturated carbocycles. The summed E-state index contributed by atoms with van der Waals surface area (Å²) in [6, 6.07) is 0. The van der Waals surface area contributed by atoms with Crippen molar-refractivity contribution in [3.8, 4) is 0 Å². The monoisotopic (exact) mass is 259 g/mol. The number of aromatic nitrogens is 2. The molecule has 6 nitrogen and oxygen atoms in total. The van der Waals surface area contributed by atoms with Gasteiger partial charge >= 0.3 is 0 Å². The van der Waals surface area contributed by atoms with Crippen LogP contribution in [0.1, 0.15) is 42.1 Å². The van der Waals surface area contributed by atoms with Gasteiger partial charge in [-0.05, 0) is 24.4 Å². The van der Waals surface area contributed by atoms with Crippen molar-refractivity contribution in [2.24, 2.45) is 0 Å². The highest BCUT2D eigenvalue weighted by molar-refractivity contribution is 7.08. The van der Waals surface area contributed by atoms with Crippen LogP contribution in [0.5, 0.6) is 0 Å². The van der Waals surface area contributed by atoms with Gasteiger partial charge in [0.05, 0.1) is 24.4 Å². The molecule has 0 bridgehead atoms. The minimum atomic E-state index is -1.03. The maximum atomic E-state index is 12.0. The van der Waals surface area contributed by atoms with E-state index in [1.165, 1.54) is 0 Å². The predicted molar refractivity (Wildman–Crippen MR) is 64.0 cm³/mol. The van der Waals surface area contributed by atoms with Crippen molar-refractivity contribution >= 4 is 17.4 Å². The summed E-state index contributed by atoms with van der Waals surface area (Å²) >= 11 is 1.01. The molecular weight excluding hydrogens is 242 g/mol. The largest absolute Gasteiger partial charge is 0.394 e. The van der Waals surface area contributed by atoms with Crippen LogP contribution >= 0.6 is 11.5 Å². The van der Waals surface area contributed by atoms with Crippen molar-refractivity contribution in [2.45, 2.75) is 32.2 Å². The Hall–Kier alpha value is -1.05. The molecular formula is C10H17N3O3S. The number of aliphatic hydroxyl groups is 2. The molecule has 0 unspecified atom stereocenters. The number of carbonyl (C=O) groups excluding carboxylic acids is 1. The number of rotatable bonds is 5. The third kappa shape index (κ3) is 3.21. The van der Waals surface area contributed by atoms with Crippen LogP contribution in [0.4, 0.5) is 0 Å². The van der Waals surface area contributed by atoms with Gasteiger partial charge < -0.3 is 15.5 Å². The fourth-order valence-corrected chi connectivity index (χ4v) is 1.91. The van der Waals surface area contributed by atoms with E-state index >= 15 is 0 Å². The molecule has 17 heavy (non-hydrogen) atoms. The average Bonchev–Trinajstić information content (AvgIpc) is 2.77. The van der Waals surface area contributed by atoms with Crippen molar-refractivity contribution in [3.63, 3.8) is 0 Å². The van der Waals surface area contributed by atoms with Crippen molar-refractivity contribution < 1.29 is 15.0 Å². The first-order valence-electron chi connectivity index (χ1n) is 5.30. The molecule has 1 amide bonds. The lowest BCUT2D eigenvalue weighted by Crippen LogP contribution is -2.51. The first-order chi connectivity index (χ1) is 7.93. The predicted octanol–water partition coefficient (Wildman–Crippen LogP) is 0.135. The Morgan fingerprint density at radius 3 is 2.53 bits per heavy atom. The third-order valence-electron chi connectivity index (χ3n) is 2.38. The third-order valence-corrected chi connectivity index (χ3v) is 3.12. The summed E-state index contributed by atoms with van der Waals surface area (Å²) in [6.07, 6.45) is 0. The normalized spacial score (nSPS) is 11.9. The Kier molecular flexibility index (Phi) is 4.55. The van der Waals surface area contributed by atoms with E-state index in [0.29, 0.717) is 10.6 Å². The van der Waals surface area contributed by atoms with Gasteiger partial charge in [0.15, 0.2) is 0 Å². The number of carbonyl (C=O) groups is 1. The summed E-state index contributed by atoms with van der Waals surface area (Å²) in [5.74, 6) is -0.265. The van der Waals surface area contributed by atoms with E-state index in [1.807, 2.05) is 13.8 Å². The minimum Gasteiger partial charge on any atom is -0.394 e. The minimum absolute atomic E-state index is 0.101. The van der Waals surface area contributed by atoms with E-state index in [1.54, 1.807) is 6.92 Å². The Labute approximate surface area is 104 Å². The van der Waals surface area contributed by atoms with Crippen LogP contribution in [0, 0.1) is 0 Å². The van der Waals surface area contributed by atoms with Gasteiger partial charge in [0, 0.05) is 0 Å². The molecule has 1 heterocycles. The fraction of sp³-hybridized carbons (Fsp3) is 0.700. The summed E-state index contributed by atoms with van der Waals surface area (Å²) in [7, 11) is 0. The number of hydrogen-bond donors (Lipinski definition) is 3. The topological polar surface area (TPSA) is 95.3 Å². The summed E-state index contributed by atoms with van der Waals surface area (Å²) < 4.78 is 3.75. The van der Waals surface area contributed by atoms with E-state index < -0.39 is 5.54 Å². The van der Waals surface area contributed by atoms with Crippen LogP contribution in [0.25, 0.3) is 0 Å². The number of nitrogens with zero attached hydrogens (tertiary/aromatic N) is 2. The van der Waals surface area contributed by atoms with Gasteiger partial charge in [0.2, 0.25) is 0 Å². The molecule has 3 N–H and O–H groups in total. The molecule has 7 heteroatoms. The number of amides is 1. The lowest BCUT2D eigenvalue weighted by atomic mass is 10.0. The van der Waals surface area contributed by atoms with Gasteiger partial charge in [-0.1, -0.05) is 18.3 Å². The molecule has 0 aliphatic rings. The second kappa shape index (κ2) is 5.52. The molecule has 0 radical (unpaired) electrons. The quantitative estimate of drug-likeness (QED) is 0.699. The van der Waals surface area contributed by atoms with E-state index in [-0.39, 0.29) is 25.0 Å². The molecule has 0 fully saturated rings. The first-order valence-corrected chi connectivity index (χ1v) is 6.07. The summed E-state index contributed by atoms with van der Waals surface area (Å²) in [4.78, 5) is 12.4. The lowest BCUT2D eigenvalue weighted by molar-refractivity contribution is 0.0726. The molecule has 0 atom stereocenters. The number of hydrogen-bond acceptors (Lipinski definition) is 6. The second-order valence-corrected chi connectivity index (χ2v) is 5.23. The van der Waals surface area contributed by atoms with Gasteiger partial charge in [-0.15, -0.1) is 5.10 Å². The Morgan fingerprint density at radius 1 is 1.47 bits per heavy atom. The standard InChI is InChI=1S/C10H17N3O3S/c1-6(2)7-8(17-13-12-7)9(16)11-10(3,4-14)5-15/h6,14-15H,4-5H2,1-3H3,(H,11,16). The number of nitrogens with one attached hydrogen (secondary N) is 1. The molecule has 0 aliphatic heterocycles. The van der Waals surface area contributed by atoms with E-state index in [0.717, 1.165) is 11.5 Å². The summed E-state index contributed by atoms with van der Waals surface area (Å²) in [5, 5.41) is 24.7. The smallest absolute Gasteiger partial charge is 0.265 e. The number of aliphatic hydroxyl groups excluding tert-OH is 2. The molecule has 0 aromatic carbocycles. The molecule has 1 aromatic heterocycles. The van der Waals surface area contributed by atoms with E-state index in [9.17, 15) is 4.79 Å². The highest BCUT2D eigenvalue weighted by Crippen LogP contribution is 2.20. The Balaban J connectivity index is 2.87. The van der Waals surface area contributed by atoms with Crippen LogP contribution in [0.3, 0.4) is 0 Å². The van der Waals surface area contributed by atoms with Crippen LogP contribution in [0.2, 0.25) is 0 Å². The maximum absolute atomic E-state index is 12.0. The zero-order valence-electron chi connectivity index (χ0n) is 10.1. The van der Waals surface area contributed by atoms with Gasteiger partial charge in [-0.2, -0.15) is 0 Å². The Bertz CT molecular complexity index is 388. The molecule has 96 valence electrons. The molecule has 0 aliphatic carbocycles. The zero-order chi connectivity index (χ0) is 13.1. The van der Waals surface area contributed by atoms with E-state index in [2.05, 4.69) is 14.9 Å². The van der Waals surface area contributed by atoms with Crippen molar-refractivity contribution in [3.05, 3.63) is 10.6 Å². The van der Waals surface area contributed by atoms with Crippen molar-refractivity contribution in [1.29, 1.82) is 0 Å². The Morgan fingerprint density at radius 2 is 2.06 bits per heavy atom. The van der Waals surface area contributed by atoms with Crippen molar-refractivity contribution in [1.82, 2.24) is 14.9 Å². The van der Waals surface area contributed by atoms with Crippen LogP contribution in [-0.2, 0) is 0 Å². The SMILES string of the molecule is CC(C)c1nnsc1C(=O)NC(C)(CO)CO. The molecule has 0 spiro atoms. The van der Waals surface area contributed by atoms with Gasteiger partial charge in [0.25, 0.3) is 5.91 Å². The van der Waals surface area contributed by atoms with Gasteiger partial charge in [-0.3, -0.25) is 4.79 Å². The zero-order valence-corrected chi connectivity index (χ0v) is 10.9. The van der Waals surface area contributed by atoms with E-state index in [4.69, 9.17) is 10.2 Å². The van der Waals surface area contributed by atoms with Crippen molar-refractivity contribution in [2.75, 3.05) is 13.2 Å². The maximum Gasteiger partial charge on any atom is 0.265 e. The lowest BCUT2D eigenvalue weighted by Gasteiger charge is -2.25. The van der Waals surface area contributed by atoms with Crippen LogP contribution in [-0.4, -0.2) is 44.5 Å². The van der Waals surface area contributed by atoms with Crippen LogP contribution in [0.15, 0.2) is 0 Å². The first kappa shape index (κ1) is 14.0. The highest BCUT2D eigenvalue weighted by Gasteiger charge is 2.28. The molecule has 1 aromatic rings. The summed E-state index contributed by atoms with van der Waals surface area (Å²) in [5.41, 5.74) is -0.402. The molecule has 1 rings (SSSR count). The van der Waals surface area contributed by atoms with Gasteiger partial charge in [-0.25, -0.2) is 0 Å². The molecule has 0 saturated heterocycles. The fourth-order valence-electron chi connectivity index (χ4n) is 1.19. The van der Waals surface area contributed by atoms with Gasteiger partial charge in [0.1, 0.15) is 4.88 Å².